The number of carbonyl (C=O) groups is 1. The summed E-state index contributed by atoms with van der Waals surface area (Å²) in [5.74, 6) is -1.83. The number of aliphatic carboxylic acids is 1. The number of hydrogen-bond acceptors (Lipinski definition) is 2. The summed E-state index contributed by atoms with van der Waals surface area (Å²) in [5, 5.41) is 8.95. The molecule has 0 unspecified atom stereocenters. The lowest BCUT2D eigenvalue weighted by Crippen LogP contribution is -2.03. The first kappa shape index (κ1) is 15.8. The molecule has 0 fully saturated rings. The molecule has 0 aliphatic carbocycles. The van der Waals surface area contributed by atoms with Gasteiger partial charge < -0.3 is 5.11 Å². The highest BCUT2D eigenvalue weighted by molar-refractivity contribution is 5.81. The van der Waals surface area contributed by atoms with Gasteiger partial charge >= 0.3 is 5.97 Å². The Morgan fingerprint density at radius 3 is 2.17 bits per heavy atom. The molecule has 0 spiro atoms. The average molecular weight is 325 g/mol. The Balaban J connectivity index is 2.19. The van der Waals surface area contributed by atoms with Gasteiger partial charge in [0.1, 0.15) is 11.6 Å². The summed E-state index contributed by atoms with van der Waals surface area (Å²) in [5.41, 5.74) is 2.46. The van der Waals surface area contributed by atoms with Crippen LogP contribution in [0.2, 0.25) is 0 Å². The number of pyridine rings is 1. The zero-order valence-corrected chi connectivity index (χ0v) is 12.5. The van der Waals surface area contributed by atoms with Crippen LogP contribution >= 0.6 is 0 Å². The van der Waals surface area contributed by atoms with Gasteiger partial charge in [-0.05, 0) is 35.9 Å². The third-order valence-electron chi connectivity index (χ3n) is 3.52. The number of hydrogen-bond donors (Lipinski definition) is 1. The normalized spacial score (nSPS) is 10.6. The fourth-order valence-electron chi connectivity index (χ4n) is 2.50. The molecule has 1 N–H and O–H groups in total. The van der Waals surface area contributed by atoms with E-state index in [-0.39, 0.29) is 6.42 Å². The van der Waals surface area contributed by atoms with E-state index in [1.165, 1.54) is 24.3 Å². The van der Waals surface area contributed by atoms with Crippen molar-refractivity contribution in [2.24, 2.45) is 0 Å². The maximum Gasteiger partial charge on any atom is 0.309 e. The molecule has 3 nitrogen and oxygen atoms in total. The van der Waals surface area contributed by atoms with Crippen molar-refractivity contribution in [3.8, 4) is 22.4 Å². The number of carboxylic acids is 1. The van der Waals surface area contributed by atoms with Gasteiger partial charge in [-0.15, -0.1) is 0 Å². The molecule has 3 rings (SSSR count). The zero-order chi connectivity index (χ0) is 17.1. The van der Waals surface area contributed by atoms with Crippen molar-refractivity contribution in [1.29, 1.82) is 0 Å². The van der Waals surface area contributed by atoms with Gasteiger partial charge in [-0.2, -0.15) is 0 Å². The molecule has 3 aromatic rings. The maximum absolute atomic E-state index is 13.6. The van der Waals surface area contributed by atoms with Crippen LogP contribution in [-0.2, 0) is 11.2 Å². The minimum Gasteiger partial charge on any atom is -0.481 e. The fraction of sp³-hybridized carbons (Fsp3) is 0.0526. The van der Waals surface area contributed by atoms with Crippen LogP contribution in [0.25, 0.3) is 22.4 Å². The molecule has 0 atom stereocenters. The molecule has 5 heteroatoms. The summed E-state index contributed by atoms with van der Waals surface area (Å²) in [6.45, 7) is 0. The molecule has 0 amide bonds. The fourth-order valence-corrected chi connectivity index (χ4v) is 2.50. The highest BCUT2D eigenvalue weighted by Crippen LogP contribution is 2.31. The van der Waals surface area contributed by atoms with Gasteiger partial charge in [-0.3, -0.25) is 9.78 Å². The predicted molar refractivity (Wildman–Crippen MR) is 86.4 cm³/mol. The van der Waals surface area contributed by atoms with E-state index >= 15 is 0 Å². The second-order valence-corrected chi connectivity index (χ2v) is 5.29. The first-order valence-corrected chi connectivity index (χ1v) is 7.26. The topological polar surface area (TPSA) is 50.2 Å². The van der Waals surface area contributed by atoms with Crippen LogP contribution in [0.1, 0.15) is 5.69 Å². The lowest BCUT2D eigenvalue weighted by molar-refractivity contribution is -0.136. The molecule has 0 bridgehead atoms. The van der Waals surface area contributed by atoms with Crippen molar-refractivity contribution >= 4 is 5.97 Å². The molecule has 120 valence electrons. The molecule has 0 saturated heterocycles. The van der Waals surface area contributed by atoms with Crippen molar-refractivity contribution in [2.75, 3.05) is 0 Å². The summed E-state index contributed by atoms with van der Waals surface area (Å²) >= 11 is 0. The number of rotatable bonds is 4. The Kier molecular flexibility index (Phi) is 4.33. The smallest absolute Gasteiger partial charge is 0.309 e. The summed E-state index contributed by atoms with van der Waals surface area (Å²) in [6, 6.07) is 15.1. The molecule has 24 heavy (non-hydrogen) atoms. The van der Waals surface area contributed by atoms with E-state index in [9.17, 15) is 13.6 Å². The molecule has 0 aliphatic heterocycles. The lowest BCUT2D eigenvalue weighted by Gasteiger charge is -2.11. The maximum atomic E-state index is 13.6. The molecular weight excluding hydrogens is 312 g/mol. The van der Waals surface area contributed by atoms with Gasteiger partial charge in [-0.25, -0.2) is 8.78 Å². The quantitative estimate of drug-likeness (QED) is 0.777. The van der Waals surface area contributed by atoms with E-state index in [1.54, 1.807) is 36.4 Å². The van der Waals surface area contributed by atoms with Crippen molar-refractivity contribution in [3.05, 3.63) is 78.0 Å². The predicted octanol–water partition coefficient (Wildman–Crippen LogP) is 4.32. The van der Waals surface area contributed by atoms with E-state index < -0.39 is 17.6 Å². The first-order valence-electron chi connectivity index (χ1n) is 7.26. The van der Waals surface area contributed by atoms with E-state index in [0.29, 0.717) is 28.1 Å². The standard InChI is InChI=1S/C19H13F2NO2/c20-14-5-1-3-12(9-14)17-8-7-16(11-18(23)24)22-19(17)13-4-2-6-15(21)10-13/h1-10H,11H2,(H,23,24). The third kappa shape index (κ3) is 3.46. The van der Waals surface area contributed by atoms with Crippen molar-refractivity contribution < 1.29 is 18.7 Å². The van der Waals surface area contributed by atoms with Crippen LogP contribution in [0.5, 0.6) is 0 Å². The van der Waals surface area contributed by atoms with Crippen molar-refractivity contribution in [2.45, 2.75) is 6.42 Å². The number of nitrogens with zero attached hydrogens (tertiary/aromatic N) is 1. The molecule has 1 heterocycles. The van der Waals surface area contributed by atoms with Crippen LogP contribution in [0.3, 0.4) is 0 Å². The Hall–Kier alpha value is -3.08. The van der Waals surface area contributed by atoms with Crippen molar-refractivity contribution in [1.82, 2.24) is 4.98 Å². The Morgan fingerprint density at radius 1 is 0.917 bits per heavy atom. The van der Waals surface area contributed by atoms with Gasteiger partial charge in [0.2, 0.25) is 0 Å². The highest BCUT2D eigenvalue weighted by atomic mass is 19.1. The van der Waals surface area contributed by atoms with E-state index in [4.69, 9.17) is 5.11 Å². The monoisotopic (exact) mass is 325 g/mol. The molecule has 0 aliphatic rings. The minimum absolute atomic E-state index is 0.244. The van der Waals surface area contributed by atoms with Crippen molar-refractivity contribution in [3.63, 3.8) is 0 Å². The van der Waals surface area contributed by atoms with Crippen LogP contribution in [-0.4, -0.2) is 16.1 Å². The SMILES string of the molecule is O=C(O)Cc1ccc(-c2cccc(F)c2)c(-c2cccc(F)c2)n1. The Labute approximate surface area is 137 Å². The van der Waals surface area contributed by atoms with Crippen LogP contribution in [0, 0.1) is 11.6 Å². The summed E-state index contributed by atoms with van der Waals surface area (Å²) in [4.78, 5) is 15.3. The number of halogens is 2. The second kappa shape index (κ2) is 6.58. The van der Waals surface area contributed by atoms with Crippen LogP contribution in [0.4, 0.5) is 8.78 Å². The number of benzene rings is 2. The largest absolute Gasteiger partial charge is 0.481 e. The average Bonchev–Trinajstić information content (AvgIpc) is 2.54. The van der Waals surface area contributed by atoms with Gasteiger partial charge in [0, 0.05) is 11.1 Å². The minimum atomic E-state index is -1.01. The third-order valence-corrected chi connectivity index (χ3v) is 3.52. The van der Waals surface area contributed by atoms with E-state index in [1.807, 2.05) is 0 Å². The summed E-state index contributed by atoms with van der Waals surface area (Å²) < 4.78 is 27.1. The summed E-state index contributed by atoms with van der Waals surface area (Å²) in [7, 11) is 0. The molecule has 2 aromatic carbocycles. The van der Waals surface area contributed by atoms with E-state index in [0.717, 1.165) is 0 Å². The molecular formula is C19H13F2NO2. The lowest BCUT2D eigenvalue weighted by atomic mass is 9.98. The van der Waals surface area contributed by atoms with Gasteiger partial charge in [0.25, 0.3) is 0 Å². The second-order valence-electron chi connectivity index (χ2n) is 5.29. The Bertz CT molecular complexity index is 909. The van der Waals surface area contributed by atoms with Crippen LogP contribution < -0.4 is 0 Å². The summed E-state index contributed by atoms with van der Waals surface area (Å²) in [6.07, 6.45) is -0.244. The van der Waals surface area contributed by atoms with Gasteiger partial charge in [-0.1, -0.05) is 30.3 Å². The molecule has 0 saturated carbocycles. The van der Waals surface area contributed by atoms with Crippen LogP contribution in [0.15, 0.2) is 60.7 Å². The number of carboxylic acid groups (broad SMARTS) is 1. The first-order chi connectivity index (χ1) is 11.5. The van der Waals surface area contributed by atoms with E-state index in [2.05, 4.69) is 4.98 Å². The molecule has 0 radical (unpaired) electrons. The number of aromatic nitrogens is 1. The molecule has 1 aromatic heterocycles. The zero-order valence-electron chi connectivity index (χ0n) is 12.5. The Morgan fingerprint density at radius 2 is 1.54 bits per heavy atom. The highest BCUT2D eigenvalue weighted by Gasteiger charge is 2.13. The van der Waals surface area contributed by atoms with Gasteiger partial charge in [0.05, 0.1) is 17.8 Å². The van der Waals surface area contributed by atoms with Gasteiger partial charge in [0.15, 0.2) is 0 Å².